The number of benzene rings is 1. The van der Waals surface area contributed by atoms with Gasteiger partial charge in [0.15, 0.2) is 0 Å². The van der Waals surface area contributed by atoms with Crippen LogP contribution in [-0.2, 0) is 19.9 Å². The van der Waals surface area contributed by atoms with Crippen molar-refractivity contribution in [2.24, 2.45) is 13.0 Å². The van der Waals surface area contributed by atoms with Gasteiger partial charge < -0.3 is 5.32 Å². The van der Waals surface area contributed by atoms with Gasteiger partial charge in [-0.2, -0.15) is 5.10 Å². The molecule has 1 unspecified atom stereocenters. The highest BCUT2D eigenvalue weighted by atomic mass is 15.2. The third-order valence-corrected chi connectivity index (χ3v) is 3.93. The Hall–Kier alpha value is -1.61. The lowest BCUT2D eigenvalue weighted by atomic mass is 9.93. The number of aromatic nitrogens is 2. The number of nitrogens with zero attached hydrogens (tertiary/aromatic N) is 2. The van der Waals surface area contributed by atoms with E-state index in [1.165, 1.54) is 23.1 Å². The summed E-state index contributed by atoms with van der Waals surface area (Å²) in [7, 11) is 1.98. The smallest absolute Gasteiger partial charge is 0.0521 e. The van der Waals surface area contributed by atoms with Crippen molar-refractivity contribution in [3.8, 4) is 0 Å². The van der Waals surface area contributed by atoms with Gasteiger partial charge >= 0.3 is 0 Å². The first-order chi connectivity index (χ1) is 10.2. The van der Waals surface area contributed by atoms with E-state index in [0.717, 1.165) is 25.9 Å². The molecule has 0 amide bonds. The Labute approximate surface area is 128 Å². The van der Waals surface area contributed by atoms with E-state index >= 15 is 0 Å². The van der Waals surface area contributed by atoms with E-state index in [9.17, 15) is 0 Å². The van der Waals surface area contributed by atoms with Gasteiger partial charge in [0, 0.05) is 13.2 Å². The second-order valence-corrected chi connectivity index (χ2v) is 5.92. The van der Waals surface area contributed by atoms with Gasteiger partial charge in [-0.15, -0.1) is 0 Å². The van der Waals surface area contributed by atoms with Crippen LogP contribution in [0.15, 0.2) is 36.7 Å². The number of rotatable bonds is 8. The van der Waals surface area contributed by atoms with Crippen LogP contribution in [-0.4, -0.2) is 22.9 Å². The van der Waals surface area contributed by atoms with Crippen LogP contribution in [0.4, 0.5) is 0 Å². The highest BCUT2D eigenvalue weighted by molar-refractivity contribution is 5.21. The summed E-state index contributed by atoms with van der Waals surface area (Å²) < 4.78 is 1.88. The van der Waals surface area contributed by atoms with Gasteiger partial charge in [0.1, 0.15) is 0 Å². The van der Waals surface area contributed by atoms with Crippen LogP contribution in [0.1, 0.15) is 30.0 Å². The molecular formula is C18H27N3. The minimum Gasteiger partial charge on any atom is -0.317 e. The highest BCUT2D eigenvalue weighted by Gasteiger charge is 2.10. The molecule has 3 heteroatoms. The lowest BCUT2D eigenvalue weighted by Crippen LogP contribution is -2.24. The number of hydrogen-bond donors (Lipinski definition) is 1. The molecule has 0 saturated heterocycles. The minimum absolute atomic E-state index is 0.674. The van der Waals surface area contributed by atoms with Crippen molar-refractivity contribution in [2.75, 3.05) is 13.1 Å². The largest absolute Gasteiger partial charge is 0.317 e. The standard InChI is InChI=1S/C18H27N3/c1-4-19-12-17(9-10-18-13-20-21(3)14-18)11-16-7-5-15(2)6-8-16/h5-8,13-14,17,19H,4,9-12H2,1-3H3. The van der Waals surface area contributed by atoms with Crippen LogP contribution in [0.25, 0.3) is 0 Å². The van der Waals surface area contributed by atoms with Gasteiger partial charge in [-0.3, -0.25) is 4.68 Å². The van der Waals surface area contributed by atoms with Gasteiger partial charge in [-0.25, -0.2) is 0 Å². The van der Waals surface area contributed by atoms with Crippen LogP contribution in [0, 0.1) is 12.8 Å². The maximum absolute atomic E-state index is 4.25. The molecule has 0 bridgehead atoms. The molecule has 1 atom stereocenters. The summed E-state index contributed by atoms with van der Waals surface area (Å²) in [6, 6.07) is 8.94. The van der Waals surface area contributed by atoms with Crippen LogP contribution in [0.3, 0.4) is 0 Å². The van der Waals surface area contributed by atoms with Gasteiger partial charge in [0.2, 0.25) is 0 Å². The number of hydrogen-bond acceptors (Lipinski definition) is 2. The first kappa shape index (κ1) is 15.8. The monoisotopic (exact) mass is 285 g/mol. The fraction of sp³-hybridized carbons (Fsp3) is 0.500. The van der Waals surface area contributed by atoms with E-state index in [4.69, 9.17) is 0 Å². The van der Waals surface area contributed by atoms with Crippen molar-refractivity contribution >= 4 is 0 Å². The number of aryl methyl sites for hydroxylation is 3. The van der Waals surface area contributed by atoms with Gasteiger partial charge in [0.25, 0.3) is 0 Å². The molecule has 2 rings (SSSR count). The number of nitrogens with one attached hydrogen (secondary N) is 1. The Bertz CT molecular complexity index is 528. The first-order valence-electron chi connectivity index (χ1n) is 7.91. The molecule has 1 N–H and O–H groups in total. The van der Waals surface area contributed by atoms with Crippen LogP contribution in [0.2, 0.25) is 0 Å². The quantitative estimate of drug-likeness (QED) is 0.807. The van der Waals surface area contributed by atoms with E-state index < -0.39 is 0 Å². The predicted octanol–water partition coefficient (Wildman–Crippen LogP) is 3.13. The zero-order chi connectivity index (χ0) is 15.1. The minimum atomic E-state index is 0.674. The average molecular weight is 285 g/mol. The molecular weight excluding hydrogens is 258 g/mol. The third-order valence-electron chi connectivity index (χ3n) is 3.93. The fourth-order valence-electron chi connectivity index (χ4n) is 2.65. The van der Waals surface area contributed by atoms with Crippen molar-refractivity contribution in [3.63, 3.8) is 0 Å². The SMILES string of the molecule is CCNCC(CCc1cnn(C)c1)Cc1ccc(C)cc1. The lowest BCUT2D eigenvalue weighted by molar-refractivity contribution is 0.449. The molecule has 0 aliphatic carbocycles. The van der Waals surface area contributed by atoms with E-state index in [0.29, 0.717) is 5.92 Å². The zero-order valence-corrected chi connectivity index (χ0v) is 13.5. The lowest BCUT2D eigenvalue weighted by Gasteiger charge is -2.17. The summed E-state index contributed by atoms with van der Waals surface area (Å²) in [4.78, 5) is 0. The summed E-state index contributed by atoms with van der Waals surface area (Å²) in [5.74, 6) is 0.674. The third kappa shape index (κ3) is 5.35. The van der Waals surface area contributed by atoms with Gasteiger partial charge in [-0.1, -0.05) is 36.8 Å². The Balaban J connectivity index is 1.91. The van der Waals surface area contributed by atoms with Gasteiger partial charge in [-0.05, 0) is 56.3 Å². The van der Waals surface area contributed by atoms with E-state index in [1.807, 2.05) is 17.9 Å². The Morgan fingerprint density at radius 3 is 2.57 bits per heavy atom. The van der Waals surface area contributed by atoms with Gasteiger partial charge in [0.05, 0.1) is 6.20 Å². The van der Waals surface area contributed by atoms with E-state index in [2.05, 4.69) is 54.7 Å². The summed E-state index contributed by atoms with van der Waals surface area (Å²) in [6.07, 6.45) is 7.56. The normalized spacial score (nSPS) is 12.5. The molecule has 1 heterocycles. The average Bonchev–Trinajstić information content (AvgIpc) is 2.90. The van der Waals surface area contributed by atoms with Crippen LogP contribution < -0.4 is 5.32 Å². The van der Waals surface area contributed by atoms with Crippen molar-refractivity contribution in [1.29, 1.82) is 0 Å². The molecule has 2 aromatic rings. The molecule has 21 heavy (non-hydrogen) atoms. The van der Waals surface area contributed by atoms with E-state index in [-0.39, 0.29) is 0 Å². The summed E-state index contributed by atoms with van der Waals surface area (Å²) in [5, 5.41) is 7.75. The fourth-order valence-corrected chi connectivity index (χ4v) is 2.65. The van der Waals surface area contributed by atoms with Crippen molar-refractivity contribution in [2.45, 2.75) is 33.1 Å². The highest BCUT2D eigenvalue weighted by Crippen LogP contribution is 2.15. The van der Waals surface area contributed by atoms with E-state index in [1.54, 1.807) is 0 Å². The summed E-state index contributed by atoms with van der Waals surface area (Å²) >= 11 is 0. The Morgan fingerprint density at radius 2 is 1.95 bits per heavy atom. The molecule has 0 saturated carbocycles. The molecule has 114 valence electrons. The molecule has 0 fully saturated rings. The Morgan fingerprint density at radius 1 is 1.19 bits per heavy atom. The summed E-state index contributed by atoms with van der Waals surface area (Å²) in [6.45, 7) is 6.44. The maximum Gasteiger partial charge on any atom is 0.0521 e. The molecule has 3 nitrogen and oxygen atoms in total. The van der Waals surface area contributed by atoms with Crippen molar-refractivity contribution in [3.05, 3.63) is 53.3 Å². The zero-order valence-electron chi connectivity index (χ0n) is 13.5. The molecule has 0 radical (unpaired) electrons. The second-order valence-electron chi connectivity index (χ2n) is 5.92. The van der Waals surface area contributed by atoms with Crippen molar-refractivity contribution in [1.82, 2.24) is 15.1 Å². The van der Waals surface area contributed by atoms with Crippen molar-refractivity contribution < 1.29 is 0 Å². The molecule has 0 spiro atoms. The van der Waals surface area contributed by atoms with Crippen LogP contribution in [0.5, 0.6) is 0 Å². The first-order valence-corrected chi connectivity index (χ1v) is 7.91. The molecule has 1 aromatic carbocycles. The van der Waals surface area contributed by atoms with Crippen LogP contribution >= 0.6 is 0 Å². The topological polar surface area (TPSA) is 29.9 Å². The predicted molar refractivity (Wildman–Crippen MR) is 88.4 cm³/mol. The molecule has 1 aromatic heterocycles. The maximum atomic E-state index is 4.25. The molecule has 0 aliphatic heterocycles. The summed E-state index contributed by atoms with van der Waals surface area (Å²) in [5.41, 5.74) is 4.11. The second kappa shape index (κ2) is 7.99. The Kier molecular flexibility index (Phi) is 6.00. The molecule has 0 aliphatic rings.